The lowest BCUT2D eigenvalue weighted by Gasteiger charge is -2.21. The number of aromatic nitrogens is 2. The summed E-state index contributed by atoms with van der Waals surface area (Å²) >= 11 is 6.10. The molecule has 1 aliphatic heterocycles. The van der Waals surface area contributed by atoms with Crippen LogP contribution in [0.5, 0.6) is 0 Å². The topological polar surface area (TPSA) is 61.3 Å². The van der Waals surface area contributed by atoms with E-state index in [1.54, 1.807) is 13.8 Å². The SMILES string of the molecule is CCOC(=O)c1c(C)nc(C2CCOCC2)nc1Cl. The highest BCUT2D eigenvalue weighted by Gasteiger charge is 2.23. The van der Waals surface area contributed by atoms with E-state index in [9.17, 15) is 4.79 Å². The monoisotopic (exact) mass is 284 g/mol. The minimum Gasteiger partial charge on any atom is -0.462 e. The number of carbonyl (C=O) groups excluding carboxylic acids is 1. The van der Waals surface area contributed by atoms with Crippen LogP contribution in [0.1, 0.15) is 47.6 Å². The molecule has 0 atom stereocenters. The number of ether oxygens (including phenoxy) is 2. The fourth-order valence-electron chi connectivity index (χ4n) is 2.13. The number of carbonyl (C=O) groups is 1. The highest BCUT2D eigenvalue weighted by atomic mass is 35.5. The summed E-state index contributed by atoms with van der Waals surface area (Å²) in [5.41, 5.74) is 0.833. The Bertz CT molecular complexity index is 450. The lowest BCUT2D eigenvalue weighted by Crippen LogP contribution is -2.18. The standard InChI is InChI=1S/C13H17ClN2O3/c1-3-19-13(17)10-8(2)15-12(16-11(10)14)9-4-6-18-7-5-9/h9H,3-7H2,1-2H3. The van der Waals surface area contributed by atoms with Crippen LogP contribution in [0.2, 0.25) is 5.15 Å². The molecule has 1 fully saturated rings. The Morgan fingerprint density at radius 2 is 2.11 bits per heavy atom. The number of aryl methyl sites for hydroxylation is 1. The van der Waals surface area contributed by atoms with Gasteiger partial charge in [0.2, 0.25) is 0 Å². The van der Waals surface area contributed by atoms with Gasteiger partial charge in [0.25, 0.3) is 0 Å². The van der Waals surface area contributed by atoms with E-state index in [-0.39, 0.29) is 16.6 Å². The average molecular weight is 285 g/mol. The Balaban J connectivity index is 2.27. The second-order valence-corrected chi connectivity index (χ2v) is 4.80. The highest BCUT2D eigenvalue weighted by Crippen LogP contribution is 2.27. The lowest BCUT2D eigenvalue weighted by molar-refractivity contribution is 0.0524. The number of esters is 1. The zero-order valence-corrected chi connectivity index (χ0v) is 11.9. The largest absolute Gasteiger partial charge is 0.462 e. The zero-order chi connectivity index (χ0) is 13.8. The van der Waals surface area contributed by atoms with E-state index in [2.05, 4.69) is 9.97 Å². The van der Waals surface area contributed by atoms with Crippen molar-refractivity contribution in [2.75, 3.05) is 19.8 Å². The van der Waals surface area contributed by atoms with Crippen molar-refractivity contribution in [2.24, 2.45) is 0 Å². The van der Waals surface area contributed by atoms with E-state index in [4.69, 9.17) is 21.1 Å². The predicted molar refractivity (Wildman–Crippen MR) is 70.5 cm³/mol. The second kappa shape index (κ2) is 6.30. The van der Waals surface area contributed by atoms with Gasteiger partial charge in [-0.1, -0.05) is 11.6 Å². The summed E-state index contributed by atoms with van der Waals surface area (Å²) in [6.07, 6.45) is 1.77. The molecule has 0 radical (unpaired) electrons. The third kappa shape index (κ3) is 3.22. The lowest BCUT2D eigenvalue weighted by atomic mass is 9.99. The molecule has 0 saturated carbocycles. The van der Waals surface area contributed by atoms with Crippen LogP contribution in [-0.4, -0.2) is 35.8 Å². The van der Waals surface area contributed by atoms with Crippen molar-refractivity contribution in [3.8, 4) is 0 Å². The van der Waals surface area contributed by atoms with E-state index in [0.717, 1.165) is 12.8 Å². The molecule has 0 unspecified atom stereocenters. The van der Waals surface area contributed by atoms with Crippen molar-refractivity contribution in [1.82, 2.24) is 9.97 Å². The van der Waals surface area contributed by atoms with Gasteiger partial charge in [-0.2, -0.15) is 0 Å². The maximum Gasteiger partial charge on any atom is 0.343 e. The zero-order valence-electron chi connectivity index (χ0n) is 11.1. The van der Waals surface area contributed by atoms with Crippen LogP contribution in [0.15, 0.2) is 0 Å². The predicted octanol–water partition coefficient (Wildman–Crippen LogP) is 2.51. The molecule has 2 rings (SSSR count). The van der Waals surface area contributed by atoms with Crippen molar-refractivity contribution in [1.29, 1.82) is 0 Å². The first-order valence-electron chi connectivity index (χ1n) is 6.42. The Morgan fingerprint density at radius 3 is 2.68 bits per heavy atom. The Labute approximate surface area is 117 Å². The van der Waals surface area contributed by atoms with Gasteiger partial charge in [0, 0.05) is 19.1 Å². The number of nitrogens with zero attached hydrogens (tertiary/aromatic N) is 2. The van der Waals surface area contributed by atoms with Gasteiger partial charge in [0.15, 0.2) is 0 Å². The average Bonchev–Trinajstić information content (AvgIpc) is 2.39. The van der Waals surface area contributed by atoms with E-state index in [1.807, 2.05) is 0 Å². The summed E-state index contributed by atoms with van der Waals surface area (Å²) in [4.78, 5) is 20.4. The summed E-state index contributed by atoms with van der Waals surface area (Å²) in [7, 11) is 0. The van der Waals surface area contributed by atoms with Crippen molar-refractivity contribution in [3.05, 3.63) is 22.2 Å². The summed E-state index contributed by atoms with van der Waals surface area (Å²) in [5, 5.41) is 0.174. The molecule has 0 aromatic carbocycles. The molecule has 104 valence electrons. The molecule has 1 aromatic heterocycles. The summed E-state index contributed by atoms with van der Waals surface area (Å²) in [6.45, 7) is 5.23. The highest BCUT2D eigenvalue weighted by molar-refractivity contribution is 6.32. The fraction of sp³-hybridized carbons (Fsp3) is 0.615. The third-order valence-electron chi connectivity index (χ3n) is 3.13. The smallest absolute Gasteiger partial charge is 0.343 e. The van der Waals surface area contributed by atoms with Gasteiger partial charge in [-0.05, 0) is 26.7 Å². The molecule has 5 nitrogen and oxygen atoms in total. The summed E-state index contributed by atoms with van der Waals surface area (Å²) in [6, 6.07) is 0. The van der Waals surface area contributed by atoms with Crippen molar-refractivity contribution in [3.63, 3.8) is 0 Å². The van der Waals surface area contributed by atoms with Crippen molar-refractivity contribution < 1.29 is 14.3 Å². The second-order valence-electron chi connectivity index (χ2n) is 4.44. The van der Waals surface area contributed by atoms with Crippen LogP contribution < -0.4 is 0 Å². The van der Waals surface area contributed by atoms with E-state index in [1.165, 1.54) is 0 Å². The maximum absolute atomic E-state index is 11.8. The molecule has 0 spiro atoms. The molecule has 1 aliphatic rings. The Kier molecular flexibility index (Phi) is 4.71. The molecule has 19 heavy (non-hydrogen) atoms. The molecule has 0 amide bonds. The molecular formula is C13H17ClN2O3. The van der Waals surface area contributed by atoms with Gasteiger partial charge in [-0.25, -0.2) is 14.8 Å². The molecule has 1 saturated heterocycles. The molecule has 1 aromatic rings. The molecule has 6 heteroatoms. The summed E-state index contributed by atoms with van der Waals surface area (Å²) < 4.78 is 10.3. The first-order valence-corrected chi connectivity index (χ1v) is 6.80. The van der Waals surface area contributed by atoms with E-state index >= 15 is 0 Å². The molecule has 0 bridgehead atoms. The molecular weight excluding hydrogens is 268 g/mol. The van der Waals surface area contributed by atoms with Crippen molar-refractivity contribution in [2.45, 2.75) is 32.6 Å². The van der Waals surface area contributed by atoms with Crippen LogP contribution in [0.25, 0.3) is 0 Å². The number of hydrogen-bond donors (Lipinski definition) is 0. The first kappa shape index (κ1) is 14.2. The minimum absolute atomic E-state index is 0.174. The van der Waals surface area contributed by atoms with Gasteiger partial charge < -0.3 is 9.47 Å². The van der Waals surface area contributed by atoms with Crippen LogP contribution in [0.4, 0.5) is 0 Å². The first-order chi connectivity index (χ1) is 9.13. The van der Waals surface area contributed by atoms with Gasteiger partial charge in [-0.3, -0.25) is 0 Å². The fourth-order valence-corrected chi connectivity index (χ4v) is 2.43. The minimum atomic E-state index is -0.469. The number of rotatable bonds is 3. The van der Waals surface area contributed by atoms with Gasteiger partial charge in [0.1, 0.15) is 16.5 Å². The Hall–Kier alpha value is -1.20. The quantitative estimate of drug-likeness (QED) is 0.630. The van der Waals surface area contributed by atoms with Crippen LogP contribution in [0, 0.1) is 6.92 Å². The normalized spacial score (nSPS) is 16.4. The maximum atomic E-state index is 11.8. The van der Waals surface area contributed by atoms with Crippen LogP contribution >= 0.6 is 11.6 Å². The number of hydrogen-bond acceptors (Lipinski definition) is 5. The van der Waals surface area contributed by atoms with E-state index < -0.39 is 5.97 Å². The summed E-state index contributed by atoms with van der Waals surface area (Å²) in [5.74, 6) is 0.476. The van der Waals surface area contributed by atoms with Crippen LogP contribution in [-0.2, 0) is 9.47 Å². The Morgan fingerprint density at radius 1 is 1.42 bits per heavy atom. The van der Waals surface area contributed by atoms with E-state index in [0.29, 0.717) is 31.3 Å². The van der Waals surface area contributed by atoms with Gasteiger partial charge in [-0.15, -0.1) is 0 Å². The number of halogens is 1. The molecule has 0 N–H and O–H groups in total. The third-order valence-corrected chi connectivity index (χ3v) is 3.40. The van der Waals surface area contributed by atoms with Gasteiger partial charge >= 0.3 is 5.97 Å². The molecule has 2 heterocycles. The van der Waals surface area contributed by atoms with Crippen LogP contribution in [0.3, 0.4) is 0 Å². The molecule has 0 aliphatic carbocycles. The van der Waals surface area contributed by atoms with Gasteiger partial charge in [0.05, 0.1) is 12.3 Å². The van der Waals surface area contributed by atoms with Crippen molar-refractivity contribution >= 4 is 17.6 Å².